The molecular weight excluding hydrogens is 182 g/mol. The lowest BCUT2D eigenvalue weighted by atomic mass is 9.89. The lowest BCUT2D eigenvalue weighted by Gasteiger charge is -2.20. The molecule has 1 aromatic carbocycles. The number of non-ortho nitro benzene ring substituents is 1. The van der Waals surface area contributed by atoms with Crippen molar-refractivity contribution in [3.05, 3.63) is 39.4 Å². The number of aryl methyl sites for hydroxylation is 1. The average Bonchev–Trinajstić information content (AvgIpc) is 2.17. The Hall–Kier alpha value is -1.42. The molecule has 0 spiro atoms. The molecule has 0 fully saturated rings. The van der Waals surface area contributed by atoms with Crippen LogP contribution in [0.5, 0.6) is 0 Å². The first-order valence-corrected chi connectivity index (χ1v) is 4.64. The second-order valence-corrected chi connectivity index (χ2v) is 3.55. The Morgan fingerprint density at radius 2 is 2.29 bits per heavy atom. The van der Waals surface area contributed by atoms with Gasteiger partial charge in [-0.2, -0.15) is 0 Å². The summed E-state index contributed by atoms with van der Waals surface area (Å²) >= 11 is 0. The second-order valence-electron chi connectivity index (χ2n) is 3.55. The van der Waals surface area contributed by atoms with Crippen LogP contribution in [0.3, 0.4) is 0 Å². The van der Waals surface area contributed by atoms with E-state index in [2.05, 4.69) is 0 Å². The monoisotopic (exact) mass is 193 g/mol. The summed E-state index contributed by atoms with van der Waals surface area (Å²) in [4.78, 5) is 10.1. The Bertz CT molecular complexity index is 376. The van der Waals surface area contributed by atoms with Gasteiger partial charge in [0.05, 0.1) is 11.0 Å². The third-order valence-electron chi connectivity index (χ3n) is 2.62. The molecule has 0 aromatic heterocycles. The van der Waals surface area contributed by atoms with Gasteiger partial charge in [0.25, 0.3) is 5.69 Å². The highest BCUT2D eigenvalue weighted by Crippen LogP contribution is 2.31. The molecule has 0 aliphatic heterocycles. The zero-order valence-corrected chi connectivity index (χ0v) is 7.64. The minimum Gasteiger partial charge on any atom is -0.388 e. The number of nitrogens with zero attached hydrogens (tertiary/aromatic N) is 1. The Morgan fingerprint density at radius 3 is 3.00 bits per heavy atom. The first-order chi connectivity index (χ1) is 6.68. The molecule has 0 heterocycles. The van der Waals surface area contributed by atoms with Crippen molar-refractivity contribution in [1.29, 1.82) is 0 Å². The summed E-state index contributed by atoms with van der Waals surface area (Å²) < 4.78 is 0. The highest BCUT2D eigenvalue weighted by Gasteiger charge is 2.19. The van der Waals surface area contributed by atoms with E-state index in [-0.39, 0.29) is 5.69 Å². The van der Waals surface area contributed by atoms with Crippen LogP contribution in [0.4, 0.5) is 5.69 Å². The van der Waals surface area contributed by atoms with Crippen molar-refractivity contribution >= 4 is 5.69 Å². The zero-order valence-electron chi connectivity index (χ0n) is 7.64. The SMILES string of the molecule is O=[N+]([O-])c1ccc2c(c1)CCCC2O. The number of nitro groups is 1. The fourth-order valence-electron chi connectivity index (χ4n) is 1.89. The number of aliphatic hydroxyl groups excluding tert-OH is 1. The molecule has 1 N–H and O–H groups in total. The van der Waals surface area contributed by atoms with Crippen LogP contribution in [-0.4, -0.2) is 10.0 Å². The maximum atomic E-state index is 10.5. The summed E-state index contributed by atoms with van der Waals surface area (Å²) in [7, 11) is 0. The van der Waals surface area contributed by atoms with Crippen molar-refractivity contribution in [3.8, 4) is 0 Å². The van der Waals surface area contributed by atoms with Gasteiger partial charge in [0.1, 0.15) is 0 Å². The lowest BCUT2D eigenvalue weighted by Crippen LogP contribution is -2.09. The van der Waals surface area contributed by atoms with E-state index in [0.29, 0.717) is 0 Å². The summed E-state index contributed by atoms with van der Waals surface area (Å²) in [6, 6.07) is 4.68. The predicted octanol–water partition coefficient (Wildman–Crippen LogP) is 1.96. The molecule has 0 amide bonds. The first-order valence-electron chi connectivity index (χ1n) is 4.64. The minimum atomic E-state index is -0.445. The van der Waals surface area contributed by atoms with Crippen molar-refractivity contribution in [2.24, 2.45) is 0 Å². The first kappa shape index (κ1) is 9.15. The van der Waals surface area contributed by atoms with Crippen LogP contribution in [-0.2, 0) is 6.42 Å². The third kappa shape index (κ3) is 1.48. The number of nitro benzene ring substituents is 1. The maximum Gasteiger partial charge on any atom is 0.269 e. The largest absolute Gasteiger partial charge is 0.388 e. The molecule has 14 heavy (non-hydrogen) atoms. The normalized spacial score (nSPS) is 20.2. The zero-order chi connectivity index (χ0) is 10.1. The van der Waals surface area contributed by atoms with Crippen LogP contribution in [0.25, 0.3) is 0 Å². The molecule has 4 heteroatoms. The number of aliphatic hydroxyl groups is 1. The smallest absolute Gasteiger partial charge is 0.269 e. The van der Waals surface area contributed by atoms with E-state index >= 15 is 0 Å². The molecule has 0 radical (unpaired) electrons. The van der Waals surface area contributed by atoms with Gasteiger partial charge in [0.15, 0.2) is 0 Å². The second kappa shape index (κ2) is 3.38. The molecular formula is C10H11NO3. The van der Waals surface area contributed by atoms with E-state index in [4.69, 9.17) is 0 Å². The van der Waals surface area contributed by atoms with Crippen molar-refractivity contribution < 1.29 is 10.0 Å². The standard InChI is InChI=1S/C10H11NO3/c12-10-3-1-2-7-6-8(11(13)14)4-5-9(7)10/h4-6,10,12H,1-3H2. The van der Waals surface area contributed by atoms with Gasteiger partial charge in [-0.25, -0.2) is 0 Å². The molecule has 1 unspecified atom stereocenters. The van der Waals surface area contributed by atoms with Gasteiger partial charge in [0, 0.05) is 12.1 Å². The number of fused-ring (bicyclic) bond motifs is 1. The molecule has 2 rings (SSSR count). The van der Waals surface area contributed by atoms with Crippen molar-refractivity contribution in [3.63, 3.8) is 0 Å². The molecule has 0 saturated carbocycles. The third-order valence-corrected chi connectivity index (χ3v) is 2.62. The molecule has 0 bridgehead atoms. The van der Waals surface area contributed by atoms with Gasteiger partial charge in [-0.15, -0.1) is 0 Å². The number of benzene rings is 1. The van der Waals surface area contributed by atoms with E-state index in [0.717, 1.165) is 30.4 Å². The van der Waals surface area contributed by atoms with Crippen LogP contribution in [0.1, 0.15) is 30.1 Å². The van der Waals surface area contributed by atoms with Gasteiger partial charge in [0.2, 0.25) is 0 Å². The van der Waals surface area contributed by atoms with E-state index in [1.807, 2.05) is 0 Å². The maximum absolute atomic E-state index is 10.5. The van der Waals surface area contributed by atoms with Gasteiger partial charge in [-0.3, -0.25) is 10.1 Å². The summed E-state index contributed by atoms with van der Waals surface area (Å²) in [5.41, 5.74) is 1.87. The summed E-state index contributed by atoms with van der Waals surface area (Å²) in [5, 5.41) is 20.1. The predicted molar refractivity (Wildman–Crippen MR) is 51.0 cm³/mol. The van der Waals surface area contributed by atoms with Gasteiger partial charge < -0.3 is 5.11 Å². The van der Waals surface area contributed by atoms with Crippen molar-refractivity contribution in [2.45, 2.75) is 25.4 Å². The topological polar surface area (TPSA) is 63.4 Å². The van der Waals surface area contributed by atoms with Gasteiger partial charge >= 0.3 is 0 Å². The van der Waals surface area contributed by atoms with Crippen molar-refractivity contribution in [1.82, 2.24) is 0 Å². The molecule has 0 saturated heterocycles. The fourth-order valence-corrected chi connectivity index (χ4v) is 1.89. The van der Waals surface area contributed by atoms with Gasteiger partial charge in [-0.1, -0.05) is 0 Å². The molecule has 1 atom stereocenters. The Morgan fingerprint density at radius 1 is 1.50 bits per heavy atom. The van der Waals surface area contributed by atoms with Crippen LogP contribution >= 0.6 is 0 Å². The highest BCUT2D eigenvalue weighted by molar-refractivity contribution is 5.41. The molecule has 74 valence electrons. The highest BCUT2D eigenvalue weighted by atomic mass is 16.6. The van der Waals surface area contributed by atoms with Crippen LogP contribution in [0.2, 0.25) is 0 Å². The number of hydrogen-bond acceptors (Lipinski definition) is 3. The van der Waals surface area contributed by atoms with E-state index in [1.165, 1.54) is 6.07 Å². The molecule has 1 aliphatic rings. The molecule has 4 nitrogen and oxygen atoms in total. The van der Waals surface area contributed by atoms with Gasteiger partial charge in [-0.05, 0) is 36.5 Å². The minimum absolute atomic E-state index is 0.109. The summed E-state index contributed by atoms with van der Waals surface area (Å²) in [6.45, 7) is 0. The number of rotatable bonds is 1. The van der Waals surface area contributed by atoms with Crippen LogP contribution in [0, 0.1) is 10.1 Å². The fraction of sp³-hybridized carbons (Fsp3) is 0.400. The molecule has 1 aromatic rings. The lowest BCUT2D eigenvalue weighted by molar-refractivity contribution is -0.384. The van der Waals surface area contributed by atoms with E-state index in [9.17, 15) is 15.2 Å². The van der Waals surface area contributed by atoms with E-state index in [1.54, 1.807) is 12.1 Å². The van der Waals surface area contributed by atoms with Crippen LogP contribution < -0.4 is 0 Å². The van der Waals surface area contributed by atoms with Crippen LogP contribution in [0.15, 0.2) is 18.2 Å². The Labute approximate surface area is 81.3 Å². The van der Waals surface area contributed by atoms with E-state index < -0.39 is 11.0 Å². The molecule has 1 aliphatic carbocycles. The average molecular weight is 193 g/mol. The number of hydrogen-bond donors (Lipinski definition) is 1. The quantitative estimate of drug-likeness (QED) is 0.547. The Balaban J connectivity index is 2.44. The summed E-state index contributed by atoms with van der Waals surface area (Å²) in [5.74, 6) is 0. The Kier molecular flexibility index (Phi) is 2.21. The summed E-state index contributed by atoms with van der Waals surface area (Å²) in [6.07, 6.45) is 2.04. The van der Waals surface area contributed by atoms with Crippen molar-refractivity contribution in [2.75, 3.05) is 0 Å².